The lowest BCUT2D eigenvalue weighted by Crippen LogP contribution is -2.43. The van der Waals surface area contributed by atoms with Gasteiger partial charge in [0.2, 0.25) is 0 Å². The van der Waals surface area contributed by atoms with Crippen molar-refractivity contribution in [2.24, 2.45) is 0 Å². The van der Waals surface area contributed by atoms with E-state index in [0.29, 0.717) is 0 Å². The van der Waals surface area contributed by atoms with Gasteiger partial charge in [0.15, 0.2) is 0 Å². The van der Waals surface area contributed by atoms with Gasteiger partial charge in [0.1, 0.15) is 0 Å². The number of nitrogens with one attached hydrogen (secondary N) is 1. The first-order valence-electron chi connectivity index (χ1n) is 4.69. The Labute approximate surface area is 97.4 Å². The molecule has 0 aliphatic carbocycles. The van der Waals surface area contributed by atoms with E-state index in [1.54, 1.807) is 0 Å². The lowest BCUT2D eigenvalue weighted by molar-refractivity contribution is 0.588. The Hall–Kier alpha value is -0.250. The predicted octanol–water partition coefficient (Wildman–Crippen LogP) is 2.51. The van der Waals surface area contributed by atoms with Crippen molar-refractivity contribution in [3.8, 4) is 0 Å². The second kappa shape index (κ2) is 4.51. The van der Waals surface area contributed by atoms with Crippen LogP contribution in [-0.2, 0) is 0 Å². The van der Waals surface area contributed by atoms with Crippen molar-refractivity contribution >= 4 is 33.2 Å². The summed E-state index contributed by atoms with van der Waals surface area (Å²) < 4.78 is 1.00. The summed E-state index contributed by atoms with van der Waals surface area (Å²) in [5.74, 6) is 0. The zero-order chi connectivity index (χ0) is 9.97. The number of anilines is 1. The quantitative estimate of drug-likeness (QED) is 0.847. The molecule has 1 fully saturated rings. The first-order valence-corrected chi connectivity index (χ1v) is 5.86. The summed E-state index contributed by atoms with van der Waals surface area (Å²) in [5.41, 5.74) is 1.19. The second-order valence-electron chi connectivity index (χ2n) is 3.31. The molecule has 0 aromatic heterocycles. The van der Waals surface area contributed by atoms with E-state index in [0.717, 1.165) is 35.7 Å². The number of hydrogen-bond acceptors (Lipinski definition) is 2. The molecule has 1 aromatic carbocycles. The van der Waals surface area contributed by atoms with E-state index in [4.69, 9.17) is 11.6 Å². The van der Waals surface area contributed by atoms with Crippen LogP contribution in [0.4, 0.5) is 5.69 Å². The molecule has 1 N–H and O–H groups in total. The monoisotopic (exact) mass is 274 g/mol. The Morgan fingerprint density at radius 2 is 2.00 bits per heavy atom. The van der Waals surface area contributed by atoms with Crippen LogP contribution in [0.25, 0.3) is 0 Å². The summed E-state index contributed by atoms with van der Waals surface area (Å²) in [5, 5.41) is 4.11. The minimum absolute atomic E-state index is 0.779. The maximum atomic E-state index is 6.04. The summed E-state index contributed by atoms with van der Waals surface area (Å²) in [6, 6.07) is 5.99. The predicted molar refractivity (Wildman–Crippen MR) is 64.2 cm³/mol. The molecule has 0 unspecified atom stereocenters. The number of rotatable bonds is 1. The van der Waals surface area contributed by atoms with Crippen LogP contribution in [0.1, 0.15) is 0 Å². The third-order valence-corrected chi connectivity index (χ3v) is 3.77. The Bertz CT molecular complexity index is 324. The molecule has 14 heavy (non-hydrogen) atoms. The van der Waals surface area contributed by atoms with Crippen LogP contribution in [0.2, 0.25) is 5.02 Å². The number of halogens is 2. The zero-order valence-electron chi connectivity index (χ0n) is 7.76. The van der Waals surface area contributed by atoms with Gasteiger partial charge in [0, 0.05) is 26.2 Å². The van der Waals surface area contributed by atoms with Crippen molar-refractivity contribution in [3.05, 3.63) is 27.7 Å². The van der Waals surface area contributed by atoms with E-state index in [-0.39, 0.29) is 0 Å². The Balaban J connectivity index is 2.26. The van der Waals surface area contributed by atoms with Crippen LogP contribution in [0, 0.1) is 0 Å². The third kappa shape index (κ3) is 2.05. The summed E-state index contributed by atoms with van der Waals surface area (Å²) in [4.78, 5) is 2.34. The van der Waals surface area contributed by atoms with Crippen LogP contribution in [0.15, 0.2) is 22.7 Å². The molecule has 0 spiro atoms. The highest BCUT2D eigenvalue weighted by Gasteiger charge is 2.13. The molecule has 2 nitrogen and oxygen atoms in total. The van der Waals surface area contributed by atoms with Crippen LogP contribution in [0.3, 0.4) is 0 Å². The van der Waals surface area contributed by atoms with Gasteiger partial charge in [-0.1, -0.05) is 17.7 Å². The van der Waals surface area contributed by atoms with E-state index in [2.05, 4.69) is 32.2 Å². The number of nitrogens with zero attached hydrogens (tertiary/aromatic N) is 1. The number of hydrogen-bond donors (Lipinski definition) is 1. The van der Waals surface area contributed by atoms with Crippen molar-refractivity contribution in [1.82, 2.24) is 5.32 Å². The summed E-state index contributed by atoms with van der Waals surface area (Å²) in [7, 11) is 0. The molecule has 2 rings (SSSR count). The van der Waals surface area contributed by atoms with Crippen molar-refractivity contribution in [3.63, 3.8) is 0 Å². The highest BCUT2D eigenvalue weighted by Crippen LogP contribution is 2.32. The van der Waals surface area contributed by atoms with Gasteiger partial charge < -0.3 is 10.2 Å². The first kappa shape index (κ1) is 10.3. The van der Waals surface area contributed by atoms with E-state index in [1.807, 2.05) is 12.1 Å². The van der Waals surface area contributed by atoms with Gasteiger partial charge in [0.05, 0.1) is 15.2 Å². The van der Waals surface area contributed by atoms with Gasteiger partial charge in [-0.2, -0.15) is 0 Å². The van der Waals surface area contributed by atoms with E-state index in [1.165, 1.54) is 5.69 Å². The molecule has 1 saturated heterocycles. The third-order valence-electron chi connectivity index (χ3n) is 2.39. The Morgan fingerprint density at radius 3 is 2.71 bits per heavy atom. The second-order valence-corrected chi connectivity index (χ2v) is 4.51. The standard InChI is InChI=1S/C10H12BrClN2/c11-10-8(12)2-1-3-9(10)14-6-4-13-5-7-14/h1-3,13H,4-7H2. The van der Waals surface area contributed by atoms with Gasteiger partial charge in [0.25, 0.3) is 0 Å². The lowest BCUT2D eigenvalue weighted by Gasteiger charge is -2.30. The first-order chi connectivity index (χ1) is 6.79. The van der Waals surface area contributed by atoms with Gasteiger partial charge in [-0.25, -0.2) is 0 Å². The molecule has 1 heterocycles. The Kier molecular flexibility index (Phi) is 3.31. The molecule has 1 aliphatic rings. The van der Waals surface area contributed by atoms with E-state index < -0.39 is 0 Å². The molecule has 0 saturated carbocycles. The highest BCUT2D eigenvalue weighted by atomic mass is 79.9. The summed E-state index contributed by atoms with van der Waals surface area (Å²) >= 11 is 9.57. The summed E-state index contributed by atoms with van der Waals surface area (Å²) in [6.07, 6.45) is 0. The minimum atomic E-state index is 0.779. The summed E-state index contributed by atoms with van der Waals surface area (Å²) in [6.45, 7) is 4.16. The molecule has 0 radical (unpaired) electrons. The zero-order valence-corrected chi connectivity index (χ0v) is 10.1. The molecule has 0 bridgehead atoms. The molecule has 1 aromatic rings. The fourth-order valence-corrected chi connectivity index (χ4v) is 2.33. The van der Waals surface area contributed by atoms with Crippen molar-refractivity contribution < 1.29 is 0 Å². The maximum absolute atomic E-state index is 6.04. The molecule has 4 heteroatoms. The fourth-order valence-electron chi connectivity index (χ4n) is 1.64. The molecule has 0 amide bonds. The minimum Gasteiger partial charge on any atom is -0.368 e. The van der Waals surface area contributed by atoms with E-state index >= 15 is 0 Å². The smallest absolute Gasteiger partial charge is 0.0595 e. The van der Waals surface area contributed by atoms with Crippen molar-refractivity contribution in [2.45, 2.75) is 0 Å². The topological polar surface area (TPSA) is 15.3 Å². The van der Waals surface area contributed by atoms with Crippen LogP contribution < -0.4 is 10.2 Å². The van der Waals surface area contributed by atoms with Gasteiger partial charge in [-0.15, -0.1) is 0 Å². The highest BCUT2D eigenvalue weighted by molar-refractivity contribution is 9.10. The van der Waals surface area contributed by atoms with Crippen molar-refractivity contribution in [1.29, 1.82) is 0 Å². The Morgan fingerprint density at radius 1 is 1.29 bits per heavy atom. The molecule has 1 aliphatic heterocycles. The van der Waals surface area contributed by atoms with Crippen LogP contribution in [-0.4, -0.2) is 26.2 Å². The van der Waals surface area contributed by atoms with Gasteiger partial charge in [-0.3, -0.25) is 0 Å². The largest absolute Gasteiger partial charge is 0.368 e. The SMILES string of the molecule is Clc1cccc(N2CCNCC2)c1Br. The van der Waals surface area contributed by atoms with Crippen molar-refractivity contribution in [2.75, 3.05) is 31.1 Å². The fraction of sp³-hybridized carbons (Fsp3) is 0.400. The molecular weight excluding hydrogens is 263 g/mol. The molecule has 76 valence electrons. The van der Waals surface area contributed by atoms with Gasteiger partial charge >= 0.3 is 0 Å². The van der Waals surface area contributed by atoms with Crippen LogP contribution >= 0.6 is 27.5 Å². The molecule has 0 atom stereocenters. The normalized spacial score (nSPS) is 17.1. The lowest BCUT2D eigenvalue weighted by atomic mass is 10.2. The average molecular weight is 276 g/mol. The maximum Gasteiger partial charge on any atom is 0.0595 e. The number of benzene rings is 1. The molecular formula is C10H12BrClN2. The number of piperazine rings is 1. The average Bonchev–Trinajstić information content (AvgIpc) is 2.23. The van der Waals surface area contributed by atoms with Gasteiger partial charge in [-0.05, 0) is 28.1 Å². The van der Waals surface area contributed by atoms with E-state index in [9.17, 15) is 0 Å². The van der Waals surface area contributed by atoms with Crippen LogP contribution in [0.5, 0.6) is 0 Å².